The fourth-order valence-electron chi connectivity index (χ4n) is 1.56. The number of hydrogen-bond donors (Lipinski definition) is 3. The topological polar surface area (TPSA) is 115 Å². The minimum Gasteiger partial charge on any atom is -0.351 e. The summed E-state index contributed by atoms with van der Waals surface area (Å²) in [5, 5.41) is 7.69. The molecule has 106 valence electrons. The van der Waals surface area contributed by atoms with Crippen molar-refractivity contribution in [3.63, 3.8) is 0 Å². The highest BCUT2D eigenvalue weighted by Crippen LogP contribution is 2.08. The van der Waals surface area contributed by atoms with E-state index in [4.69, 9.17) is 10.9 Å². The van der Waals surface area contributed by atoms with E-state index in [2.05, 4.69) is 5.32 Å². The number of carbonyl (C=O) groups is 1. The highest BCUT2D eigenvalue weighted by molar-refractivity contribution is 7.89. The maximum absolute atomic E-state index is 11.6. The number of nitrogens with one attached hydrogen (secondary N) is 1. The van der Waals surface area contributed by atoms with Crippen LogP contribution in [0.15, 0.2) is 29.2 Å². The van der Waals surface area contributed by atoms with E-state index >= 15 is 0 Å². The fraction of sp³-hybridized carbons (Fsp3) is 0.417. The lowest BCUT2D eigenvalue weighted by molar-refractivity contribution is -0.122. The molecule has 6 nitrogen and oxygen atoms in total. The lowest BCUT2D eigenvalue weighted by Gasteiger charge is -2.11. The van der Waals surface area contributed by atoms with Crippen LogP contribution in [0.2, 0.25) is 0 Å². The first kappa shape index (κ1) is 15.6. The Morgan fingerprint density at radius 3 is 2.37 bits per heavy atom. The van der Waals surface area contributed by atoms with Crippen molar-refractivity contribution in [2.24, 2.45) is 10.9 Å². The molecule has 1 unspecified atom stereocenters. The summed E-state index contributed by atoms with van der Waals surface area (Å²) in [6.07, 6.45) is 1.48. The molecule has 0 spiro atoms. The van der Waals surface area contributed by atoms with Crippen molar-refractivity contribution >= 4 is 15.9 Å². The van der Waals surface area contributed by atoms with Gasteiger partial charge in [0.15, 0.2) is 0 Å². The number of amides is 1. The Labute approximate surface area is 113 Å². The van der Waals surface area contributed by atoms with Crippen LogP contribution < -0.4 is 16.2 Å². The van der Waals surface area contributed by atoms with Gasteiger partial charge in [-0.15, -0.1) is 0 Å². The van der Waals surface area contributed by atoms with E-state index in [1.54, 1.807) is 12.1 Å². The molecule has 1 rings (SSSR count). The van der Waals surface area contributed by atoms with Crippen molar-refractivity contribution in [1.82, 2.24) is 5.32 Å². The molecule has 7 heteroatoms. The Morgan fingerprint density at radius 1 is 1.32 bits per heavy atom. The standard InChI is InChI=1S/C12H19N3O3S/c1-2-3-11(13)12(16)15-8-9-4-6-10(7-5-9)19(14,17)18/h4-7,11H,2-3,8,13H2,1H3,(H,15,16)(H2,14,17,18). The summed E-state index contributed by atoms with van der Waals surface area (Å²) in [4.78, 5) is 11.6. The summed E-state index contributed by atoms with van der Waals surface area (Å²) in [5.41, 5.74) is 6.45. The predicted octanol–water partition coefficient (Wildman–Crippen LogP) is 0.0776. The van der Waals surface area contributed by atoms with Gasteiger partial charge in [0, 0.05) is 6.54 Å². The summed E-state index contributed by atoms with van der Waals surface area (Å²) in [6.45, 7) is 2.26. The molecule has 1 aromatic carbocycles. The van der Waals surface area contributed by atoms with Gasteiger partial charge in [-0.05, 0) is 24.1 Å². The number of carbonyl (C=O) groups excluding carboxylic acids is 1. The second-order valence-corrected chi connectivity index (χ2v) is 5.86. The van der Waals surface area contributed by atoms with E-state index in [0.29, 0.717) is 13.0 Å². The lowest BCUT2D eigenvalue weighted by Crippen LogP contribution is -2.40. The summed E-state index contributed by atoms with van der Waals surface area (Å²) in [7, 11) is -3.68. The van der Waals surface area contributed by atoms with Gasteiger partial charge in [0.25, 0.3) is 0 Å². The third-order valence-electron chi connectivity index (χ3n) is 2.66. The van der Waals surface area contributed by atoms with Gasteiger partial charge in [-0.1, -0.05) is 25.5 Å². The van der Waals surface area contributed by atoms with Crippen molar-refractivity contribution in [2.75, 3.05) is 0 Å². The molecule has 0 aliphatic rings. The van der Waals surface area contributed by atoms with Gasteiger partial charge in [-0.25, -0.2) is 13.6 Å². The van der Waals surface area contributed by atoms with E-state index in [-0.39, 0.29) is 10.8 Å². The Bertz CT molecular complexity index is 526. The van der Waals surface area contributed by atoms with E-state index in [0.717, 1.165) is 12.0 Å². The second-order valence-electron chi connectivity index (χ2n) is 4.30. The largest absolute Gasteiger partial charge is 0.351 e. The van der Waals surface area contributed by atoms with Crippen LogP contribution in [0.5, 0.6) is 0 Å². The zero-order valence-corrected chi connectivity index (χ0v) is 11.6. The average molecular weight is 285 g/mol. The Balaban J connectivity index is 2.58. The quantitative estimate of drug-likeness (QED) is 0.686. The van der Waals surface area contributed by atoms with Gasteiger partial charge in [0.2, 0.25) is 15.9 Å². The van der Waals surface area contributed by atoms with Crippen LogP contribution >= 0.6 is 0 Å². The van der Waals surface area contributed by atoms with Crippen LogP contribution in [0, 0.1) is 0 Å². The number of sulfonamides is 1. The Kier molecular flexibility index (Phi) is 5.46. The lowest BCUT2D eigenvalue weighted by atomic mass is 10.1. The van der Waals surface area contributed by atoms with E-state index < -0.39 is 16.1 Å². The second kappa shape index (κ2) is 6.65. The van der Waals surface area contributed by atoms with Crippen LogP contribution in [-0.4, -0.2) is 20.4 Å². The summed E-state index contributed by atoms with van der Waals surface area (Å²) in [6, 6.07) is 5.51. The van der Waals surface area contributed by atoms with Crippen molar-refractivity contribution in [3.05, 3.63) is 29.8 Å². The Morgan fingerprint density at radius 2 is 1.89 bits per heavy atom. The third-order valence-corrected chi connectivity index (χ3v) is 3.58. The van der Waals surface area contributed by atoms with E-state index in [1.807, 2.05) is 6.92 Å². The summed E-state index contributed by atoms with van der Waals surface area (Å²) < 4.78 is 22.1. The average Bonchev–Trinajstić information content (AvgIpc) is 2.35. The molecule has 1 aromatic rings. The number of primary sulfonamides is 1. The summed E-state index contributed by atoms with van der Waals surface area (Å²) in [5.74, 6) is -0.211. The van der Waals surface area contributed by atoms with Gasteiger partial charge in [0.05, 0.1) is 10.9 Å². The van der Waals surface area contributed by atoms with E-state index in [1.165, 1.54) is 12.1 Å². The number of hydrogen-bond acceptors (Lipinski definition) is 4. The van der Waals surface area contributed by atoms with Crippen molar-refractivity contribution in [1.29, 1.82) is 0 Å². The third kappa shape index (κ3) is 4.98. The van der Waals surface area contributed by atoms with Crippen molar-refractivity contribution < 1.29 is 13.2 Å². The van der Waals surface area contributed by atoms with E-state index in [9.17, 15) is 13.2 Å². The molecule has 0 saturated heterocycles. The van der Waals surface area contributed by atoms with Crippen molar-refractivity contribution in [2.45, 2.75) is 37.2 Å². The fourth-order valence-corrected chi connectivity index (χ4v) is 2.07. The molecule has 0 aliphatic carbocycles. The molecule has 0 radical (unpaired) electrons. The smallest absolute Gasteiger partial charge is 0.238 e. The highest BCUT2D eigenvalue weighted by Gasteiger charge is 2.12. The summed E-state index contributed by atoms with van der Waals surface area (Å²) >= 11 is 0. The van der Waals surface area contributed by atoms with Gasteiger partial charge in [0.1, 0.15) is 0 Å². The van der Waals surface area contributed by atoms with Crippen LogP contribution in [0.3, 0.4) is 0 Å². The molecule has 0 bridgehead atoms. The monoisotopic (exact) mass is 285 g/mol. The maximum atomic E-state index is 11.6. The Hall–Kier alpha value is -1.44. The van der Waals surface area contributed by atoms with Crippen LogP contribution in [0.1, 0.15) is 25.3 Å². The van der Waals surface area contributed by atoms with Gasteiger partial charge in [-0.2, -0.15) is 0 Å². The first-order valence-electron chi connectivity index (χ1n) is 5.99. The molecule has 19 heavy (non-hydrogen) atoms. The van der Waals surface area contributed by atoms with Crippen LogP contribution in [0.25, 0.3) is 0 Å². The molecule has 0 saturated carbocycles. The van der Waals surface area contributed by atoms with Crippen molar-refractivity contribution in [3.8, 4) is 0 Å². The molecule has 0 aromatic heterocycles. The molecule has 1 atom stereocenters. The zero-order chi connectivity index (χ0) is 14.5. The molecule has 0 fully saturated rings. The molecule has 0 heterocycles. The van der Waals surface area contributed by atoms with Crippen LogP contribution in [-0.2, 0) is 21.4 Å². The first-order valence-corrected chi connectivity index (χ1v) is 7.54. The number of nitrogens with two attached hydrogens (primary N) is 2. The molecule has 5 N–H and O–H groups in total. The number of benzene rings is 1. The minimum atomic E-state index is -3.68. The minimum absolute atomic E-state index is 0.0465. The SMILES string of the molecule is CCCC(N)C(=O)NCc1ccc(S(N)(=O)=O)cc1. The van der Waals surface area contributed by atoms with Gasteiger partial charge in [-0.3, -0.25) is 4.79 Å². The van der Waals surface area contributed by atoms with Gasteiger partial charge >= 0.3 is 0 Å². The first-order chi connectivity index (χ1) is 8.84. The normalized spacial score (nSPS) is 13.0. The molecule has 0 aliphatic heterocycles. The van der Waals surface area contributed by atoms with Gasteiger partial charge < -0.3 is 11.1 Å². The predicted molar refractivity (Wildman–Crippen MR) is 72.5 cm³/mol. The van der Waals surface area contributed by atoms with Crippen LogP contribution in [0.4, 0.5) is 0 Å². The number of rotatable bonds is 6. The maximum Gasteiger partial charge on any atom is 0.238 e. The molecular formula is C12H19N3O3S. The highest BCUT2D eigenvalue weighted by atomic mass is 32.2. The molecule has 1 amide bonds. The zero-order valence-electron chi connectivity index (χ0n) is 10.8. The molecular weight excluding hydrogens is 266 g/mol.